The van der Waals surface area contributed by atoms with Gasteiger partial charge in [0.05, 0.1) is 0 Å². The van der Waals surface area contributed by atoms with E-state index in [0.29, 0.717) is 6.54 Å². The lowest BCUT2D eigenvalue weighted by atomic mass is 10.1. The molecule has 0 radical (unpaired) electrons. The summed E-state index contributed by atoms with van der Waals surface area (Å²) in [5.74, 6) is -0.942. The quantitative estimate of drug-likeness (QED) is 0.557. The SMILES string of the molecule is O=C(O)C=Cc1ccc(CNNc2ccccc2)cc1. The average molecular weight is 268 g/mol. The Balaban J connectivity index is 1.83. The van der Waals surface area contributed by atoms with Crippen LogP contribution in [0.15, 0.2) is 60.7 Å². The van der Waals surface area contributed by atoms with Crippen LogP contribution in [0.3, 0.4) is 0 Å². The fraction of sp³-hybridized carbons (Fsp3) is 0.0625. The number of aliphatic carboxylic acids is 1. The number of benzene rings is 2. The van der Waals surface area contributed by atoms with Gasteiger partial charge in [-0.05, 0) is 29.3 Å². The summed E-state index contributed by atoms with van der Waals surface area (Å²) < 4.78 is 0. The number of para-hydroxylation sites is 1. The first-order chi connectivity index (χ1) is 9.74. The van der Waals surface area contributed by atoms with E-state index in [1.807, 2.05) is 54.6 Å². The number of carbonyl (C=O) groups is 1. The predicted molar refractivity (Wildman–Crippen MR) is 80.0 cm³/mol. The molecule has 0 aliphatic carbocycles. The molecule has 0 unspecified atom stereocenters. The van der Waals surface area contributed by atoms with Crippen LogP contribution in [0, 0.1) is 0 Å². The highest BCUT2D eigenvalue weighted by molar-refractivity contribution is 5.85. The van der Waals surface area contributed by atoms with Gasteiger partial charge in [0.25, 0.3) is 0 Å². The van der Waals surface area contributed by atoms with Crippen molar-refractivity contribution in [2.75, 3.05) is 5.43 Å². The molecule has 2 aromatic carbocycles. The van der Waals surface area contributed by atoms with Gasteiger partial charge in [-0.3, -0.25) is 0 Å². The van der Waals surface area contributed by atoms with E-state index < -0.39 is 5.97 Å². The fourth-order valence-electron chi connectivity index (χ4n) is 1.68. The normalized spacial score (nSPS) is 10.6. The van der Waals surface area contributed by atoms with Crippen LogP contribution in [-0.4, -0.2) is 11.1 Å². The molecule has 0 aliphatic rings. The summed E-state index contributed by atoms with van der Waals surface area (Å²) in [6.07, 6.45) is 2.70. The fourth-order valence-corrected chi connectivity index (χ4v) is 1.68. The average Bonchev–Trinajstić information content (AvgIpc) is 2.47. The zero-order chi connectivity index (χ0) is 14.2. The first-order valence-electron chi connectivity index (χ1n) is 6.28. The van der Waals surface area contributed by atoms with Crippen LogP contribution in [0.2, 0.25) is 0 Å². The Labute approximate surface area is 117 Å². The lowest BCUT2D eigenvalue weighted by molar-refractivity contribution is -0.131. The molecule has 0 aromatic heterocycles. The smallest absolute Gasteiger partial charge is 0.328 e. The largest absolute Gasteiger partial charge is 0.478 e. The Hall–Kier alpha value is -2.59. The van der Waals surface area contributed by atoms with Gasteiger partial charge in [-0.25, -0.2) is 10.2 Å². The lowest BCUT2D eigenvalue weighted by Gasteiger charge is -2.08. The van der Waals surface area contributed by atoms with Gasteiger partial charge in [-0.2, -0.15) is 0 Å². The summed E-state index contributed by atoms with van der Waals surface area (Å²) in [7, 11) is 0. The summed E-state index contributed by atoms with van der Waals surface area (Å²) in [6, 6.07) is 17.6. The molecule has 0 amide bonds. The van der Waals surface area contributed by atoms with Crippen LogP contribution in [-0.2, 0) is 11.3 Å². The van der Waals surface area contributed by atoms with E-state index >= 15 is 0 Å². The molecule has 0 atom stereocenters. The molecule has 0 bridgehead atoms. The van der Waals surface area contributed by atoms with Crippen molar-refractivity contribution in [1.82, 2.24) is 5.43 Å². The van der Waals surface area contributed by atoms with Gasteiger partial charge in [-0.15, -0.1) is 0 Å². The third-order valence-electron chi connectivity index (χ3n) is 2.70. The van der Waals surface area contributed by atoms with Crippen LogP contribution in [0.1, 0.15) is 11.1 Å². The van der Waals surface area contributed by atoms with Gasteiger partial charge in [0.15, 0.2) is 0 Å². The summed E-state index contributed by atoms with van der Waals surface area (Å²) in [4.78, 5) is 10.4. The number of nitrogens with one attached hydrogen (secondary N) is 2. The minimum atomic E-state index is -0.942. The van der Waals surface area contributed by atoms with Crippen LogP contribution >= 0.6 is 0 Å². The number of hydrogen-bond acceptors (Lipinski definition) is 3. The zero-order valence-corrected chi connectivity index (χ0v) is 10.9. The molecule has 3 N–H and O–H groups in total. The molecule has 4 nitrogen and oxygen atoms in total. The Morgan fingerprint density at radius 2 is 1.75 bits per heavy atom. The van der Waals surface area contributed by atoms with Gasteiger partial charge >= 0.3 is 5.97 Å². The Bertz CT molecular complexity index is 577. The molecule has 2 rings (SSSR count). The van der Waals surface area contributed by atoms with E-state index in [1.165, 1.54) is 0 Å². The summed E-state index contributed by atoms with van der Waals surface area (Å²) in [5.41, 5.74) is 9.22. The van der Waals surface area contributed by atoms with Gasteiger partial charge in [-0.1, -0.05) is 42.5 Å². The number of rotatable bonds is 6. The molecule has 102 valence electrons. The highest BCUT2D eigenvalue weighted by atomic mass is 16.4. The number of carboxylic acids is 1. The van der Waals surface area contributed by atoms with Gasteiger partial charge in [0, 0.05) is 18.3 Å². The molecule has 0 saturated heterocycles. The topological polar surface area (TPSA) is 61.4 Å². The van der Waals surface area contributed by atoms with E-state index in [0.717, 1.165) is 22.9 Å². The maximum atomic E-state index is 10.4. The maximum Gasteiger partial charge on any atom is 0.328 e. The summed E-state index contributed by atoms with van der Waals surface area (Å²) in [6.45, 7) is 0.678. The van der Waals surface area contributed by atoms with Crippen LogP contribution in [0.5, 0.6) is 0 Å². The third-order valence-corrected chi connectivity index (χ3v) is 2.70. The summed E-state index contributed by atoms with van der Waals surface area (Å²) >= 11 is 0. The van der Waals surface area contributed by atoms with Gasteiger partial charge in [0.1, 0.15) is 0 Å². The van der Waals surface area contributed by atoms with E-state index in [1.54, 1.807) is 6.08 Å². The van der Waals surface area contributed by atoms with Crippen molar-refractivity contribution in [2.45, 2.75) is 6.54 Å². The van der Waals surface area contributed by atoms with Crippen molar-refractivity contribution < 1.29 is 9.90 Å². The Morgan fingerprint density at radius 3 is 2.40 bits per heavy atom. The lowest BCUT2D eigenvalue weighted by Crippen LogP contribution is -2.20. The van der Waals surface area contributed by atoms with E-state index in [4.69, 9.17) is 5.11 Å². The van der Waals surface area contributed by atoms with Crippen LogP contribution in [0.4, 0.5) is 5.69 Å². The molecule has 0 fully saturated rings. The van der Waals surface area contributed by atoms with Gasteiger partial charge < -0.3 is 10.5 Å². The zero-order valence-electron chi connectivity index (χ0n) is 10.9. The first-order valence-corrected chi connectivity index (χ1v) is 6.28. The van der Waals surface area contributed by atoms with Crippen LogP contribution in [0.25, 0.3) is 6.08 Å². The second kappa shape index (κ2) is 7.11. The molecular weight excluding hydrogens is 252 g/mol. The summed E-state index contributed by atoms with van der Waals surface area (Å²) in [5, 5.41) is 8.55. The van der Waals surface area contributed by atoms with E-state index in [9.17, 15) is 4.79 Å². The second-order valence-corrected chi connectivity index (χ2v) is 4.26. The number of carboxylic acid groups (broad SMARTS) is 1. The third kappa shape index (κ3) is 4.59. The number of anilines is 1. The number of hydrogen-bond donors (Lipinski definition) is 3. The maximum absolute atomic E-state index is 10.4. The van der Waals surface area contributed by atoms with Crippen molar-refractivity contribution >= 4 is 17.7 Å². The van der Waals surface area contributed by atoms with E-state index in [2.05, 4.69) is 10.9 Å². The van der Waals surface area contributed by atoms with Gasteiger partial charge in [0.2, 0.25) is 0 Å². The highest BCUT2D eigenvalue weighted by Crippen LogP contribution is 2.07. The molecule has 0 saturated carbocycles. The minimum Gasteiger partial charge on any atom is -0.478 e. The molecule has 2 aromatic rings. The molecular formula is C16H16N2O2. The van der Waals surface area contributed by atoms with E-state index in [-0.39, 0.29) is 0 Å². The molecule has 0 heterocycles. The van der Waals surface area contributed by atoms with Crippen molar-refractivity contribution in [1.29, 1.82) is 0 Å². The minimum absolute atomic E-state index is 0.678. The Kier molecular flexibility index (Phi) is 4.92. The predicted octanol–water partition coefficient (Wildman–Crippen LogP) is 2.90. The van der Waals surface area contributed by atoms with Crippen LogP contribution < -0.4 is 10.9 Å². The van der Waals surface area contributed by atoms with Crippen molar-refractivity contribution in [3.8, 4) is 0 Å². The first kappa shape index (κ1) is 13.8. The molecule has 4 heteroatoms. The van der Waals surface area contributed by atoms with Crippen molar-refractivity contribution in [2.24, 2.45) is 0 Å². The number of hydrazine groups is 1. The second-order valence-electron chi connectivity index (χ2n) is 4.26. The molecule has 0 aliphatic heterocycles. The standard InChI is InChI=1S/C16H16N2O2/c19-16(20)11-10-13-6-8-14(9-7-13)12-17-18-15-4-2-1-3-5-15/h1-11,17-18H,12H2,(H,19,20). The monoisotopic (exact) mass is 268 g/mol. The highest BCUT2D eigenvalue weighted by Gasteiger charge is 1.94. The van der Waals surface area contributed by atoms with Crippen molar-refractivity contribution in [3.05, 3.63) is 71.8 Å². The van der Waals surface area contributed by atoms with Crippen molar-refractivity contribution in [3.63, 3.8) is 0 Å². The Morgan fingerprint density at radius 1 is 1.05 bits per heavy atom. The molecule has 20 heavy (non-hydrogen) atoms. The molecule has 0 spiro atoms.